The van der Waals surface area contributed by atoms with Gasteiger partial charge in [-0.1, -0.05) is 71.9 Å². The highest BCUT2D eigenvalue weighted by Crippen LogP contribution is 2.40. The molecule has 0 aliphatic rings. The standard InChI is InChI=1S/C23H33O3P/c1-8-25-26-27(24)22-12-10-9-11-19(22)23-20(16(4)5)13-18(15(2)3)14-21(23)17(6)7/h9-17,27H,8H2,1-7H3. The summed E-state index contributed by atoms with van der Waals surface area (Å²) in [6.45, 7) is 15.5. The maximum Gasteiger partial charge on any atom is 0.253 e. The molecule has 0 aliphatic carbocycles. The fraction of sp³-hybridized carbons (Fsp3) is 0.478. The van der Waals surface area contributed by atoms with E-state index in [1.54, 1.807) is 0 Å². The van der Waals surface area contributed by atoms with E-state index in [2.05, 4.69) is 59.7 Å². The van der Waals surface area contributed by atoms with E-state index in [1.807, 2.05) is 25.1 Å². The van der Waals surface area contributed by atoms with E-state index in [-0.39, 0.29) is 0 Å². The van der Waals surface area contributed by atoms with Crippen LogP contribution in [-0.2, 0) is 14.1 Å². The van der Waals surface area contributed by atoms with Crippen LogP contribution in [-0.4, -0.2) is 6.61 Å². The first-order valence-electron chi connectivity index (χ1n) is 9.88. The van der Waals surface area contributed by atoms with Crippen molar-refractivity contribution < 1.29 is 14.1 Å². The van der Waals surface area contributed by atoms with Crippen LogP contribution in [0.3, 0.4) is 0 Å². The van der Waals surface area contributed by atoms with Gasteiger partial charge in [0.05, 0.1) is 6.61 Å². The van der Waals surface area contributed by atoms with Gasteiger partial charge in [0.2, 0.25) is 0 Å². The van der Waals surface area contributed by atoms with Crippen molar-refractivity contribution in [3.63, 3.8) is 0 Å². The van der Waals surface area contributed by atoms with Crippen LogP contribution in [0, 0.1) is 0 Å². The highest BCUT2D eigenvalue weighted by Gasteiger charge is 2.22. The van der Waals surface area contributed by atoms with Crippen LogP contribution in [0.1, 0.15) is 82.9 Å². The molecule has 0 fully saturated rings. The van der Waals surface area contributed by atoms with Crippen LogP contribution >= 0.6 is 8.03 Å². The predicted molar refractivity (Wildman–Crippen MR) is 115 cm³/mol. The molecule has 0 amide bonds. The van der Waals surface area contributed by atoms with Gasteiger partial charge in [0.15, 0.2) is 0 Å². The summed E-state index contributed by atoms with van der Waals surface area (Å²) in [5, 5.41) is 0.719. The van der Waals surface area contributed by atoms with Crippen molar-refractivity contribution in [1.29, 1.82) is 0 Å². The molecule has 2 rings (SSSR count). The molecular formula is C23H33O3P. The van der Waals surface area contributed by atoms with Crippen LogP contribution in [0.2, 0.25) is 0 Å². The summed E-state index contributed by atoms with van der Waals surface area (Å²) >= 11 is 0. The first-order chi connectivity index (χ1) is 12.8. The Bertz CT molecular complexity index is 765. The monoisotopic (exact) mass is 388 g/mol. The smallest absolute Gasteiger partial charge is 0.253 e. The second-order valence-corrected chi connectivity index (χ2v) is 9.14. The Morgan fingerprint density at radius 3 is 1.93 bits per heavy atom. The zero-order valence-corrected chi connectivity index (χ0v) is 18.6. The molecule has 0 saturated heterocycles. The Hall–Kier alpha value is -1.41. The van der Waals surface area contributed by atoms with Gasteiger partial charge in [-0.3, -0.25) is 4.57 Å². The Labute approximate surface area is 164 Å². The predicted octanol–water partition coefficient (Wildman–Crippen LogP) is 6.79. The first kappa shape index (κ1) is 21.9. The molecule has 0 N–H and O–H groups in total. The minimum absolute atomic E-state index is 0.361. The van der Waals surface area contributed by atoms with Crippen molar-refractivity contribution in [3.8, 4) is 11.1 Å². The van der Waals surface area contributed by atoms with Crippen LogP contribution < -0.4 is 5.30 Å². The van der Waals surface area contributed by atoms with Gasteiger partial charge in [0, 0.05) is 5.30 Å². The van der Waals surface area contributed by atoms with Gasteiger partial charge >= 0.3 is 0 Å². The molecule has 0 aromatic heterocycles. The van der Waals surface area contributed by atoms with Gasteiger partial charge in [-0.2, -0.15) is 4.67 Å². The number of hydrogen-bond donors (Lipinski definition) is 0. The van der Waals surface area contributed by atoms with Crippen molar-refractivity contribution in [2.45, 2.75) is 66.2 Å². The van der Waals surface area contributed by atoms with E-state index < -0.39 is 8.03 Å². The summed E-state index contributed by atoms with van der Waals surface area (Å²) in [5.41, 5.74) is 6.12. The van der Waals surface area contributed by atoms with Crippen molar-refractivity contribution >= 4 is 13.3 Å². The van der Waals surface area contributed by atoms with Gasteiger partial charge in [0.1, 0.15) is 0 Å². The average molecular weight is 388 g/mol. The summed E-state index contributed by atoms with van der Waals surface area (Å²) in [6.07, 6.45) is 0. The molecule has 3 nitrogen and oxygen atoms in total. The van der Waals surface area contributed by atoms with E-state index in [9.17, 15) is 4.57 Å². The second kappa shape index (κ2) is 9.68. The molecule has 0 bridgehead atoms. The fourth-order valence-corrected chi connectivity index (χ4v) is 4.28. The third-order valence-corrected chi connectivity index (χ3v) is 5.95. The summed E-state index contributed by atoms with van der Waals surface area (Å²) in [4.78, 5) is 4.98. The maximum absolute atomic E-state index is 12.8. The lowest BCUT2D eigenvalue weighted by molar-refractivity contribution is -0.195. The van der Waals surface area contributed by atoms with Crippen LogP contribution in [0.5, 0.6) is 0 Å². The average Bonchev–Trinajstić information content (AvgIpc) is 2.64. The van der Waals surface area contributed by atoms with Crippen molar-refractivity contribution in [3.05, 3.63) is 53.1 Å². The van der Waals surface area contributed by atoms with Crippen LogP contribution in [0.15, 0.2) is 36.4 Å². The highest BCUT2D eigenvalue weighted by molar-refractivity contribution is 7.48. The molecule has 148 valence electrons. The third kappa shape index (κ3) is 5.10. The summed E-state index contributed by atoms with van der Waals surface area (Å²) in [7, 11) is -2.49. The van der Waals surface area contributed by atoms with E-state index >= 15 is 0 Å². The number of rotatable bonds is 8. The minimum Gasteiger partial charge on any atom is -0.288 e. The molecule has 0 radical (unpaired) electrons. The van der Waals surface area contributed by atoms with Crippen LogP contribution in [0.4, 0.5) is 0 Å². The topological polar surface area (TPSA) is 35.5 Å². The summed E-state index contributed by atoms with van der Waals surface area (Å²) < 4.78 is 17.9. The van der Waals surface area contributed by atoms with E-state index in [0.717, 1.165) is 10.9 Å². The molecule has 4 heteroatoms. The lowest BCUT2D eigenvalue weighted by Gasteiger charge is -2.24. The molecule has 1 atom stereocenters. The minimum atomic E-state index is -2.49. The molecule has 0 saturated carbocycles. The van der Waals surface area contributed by atoms with Crippen molar-refractivity contribution in [2.24, 2.45) is 0 Å². The second-order valence-electron chi connectivity index (χ2n) is 7.86. The quantitative estimate of drug-likeness (QED) is 0.284. The Balaban J connectivity index is 2.76. The highest BCUT2D eigenvalue weighted by atomic mass is 31.1. The first-order valence-corrected chi connectivity index (χ1v) is 11.2. The molecule has 0 heterocycles. The van der Waals surface area contributed by atoms with E-state index in [4.69, 9.17) is 9.56 Å². The lowest BCUT2D eigenvalue weighted by Crippen LogP contribution is -2.10. The zero-order chi connectivity index (χ0) is 20.1. The lowest BCUT2D eigenvalue weighted by atomic mass is 9.82. The Morgan fingerprint density at radius 2 is 1.44 bits per heavy atom. The summed E-state index contributed by atoms with van der Waals surface area (Å²) in [6, 6.07) is 12.5. The fourth-order valence-electron chi connectivity index (χ4n) is 3.30. The third-order valence-electron chi connectivity index (χ3n) is 4.80. The molecule has 0 spiro atoms. The SMILES string of the molecule is CCOO[PH](=O)c1ccccc1-c1c(C(C)C)cc(C(C)C)cc1C(C)C. The van der Waals surface area contributed by atoms with Crippen LogP contribution in [0.25, 0.3) is 11.1 Å². The molecule has 0 aliphatic heterocycles. The molecule has 2 aromatic carbocycles. The van der Waals surface area contributed by atoms with Gasteiger partial charge in [0.25, 0.3) is 8.03 Å². The number of benzene rings is 2. The molecule has 1 unspecified atom stereocenters. The van der Waals surface area contributed by atoms with Crippen molar-refractivity contribution in [1.82, 2.24) is 0 Å². The van der Waals surface area contributed by atoms with Gasteiger partial charge in [-0.15, -0.1) is 0 Å². The van der Waals surface area contributed by atoms with Gasteiger partial charge < -0.3 is 0 Å². The van der Waals surface area contributed by atoms with Crippen molar-refractivity contribution in [2.75, 3.05) is 6.61 Å². The zero-order valence-electron chi connectivity index (χ0n) is 17.6. The normalized spacial score (nSPS) is 13.0. The molecule has 27 heavy (non-hydrogen) atoms. The Morgan fingerprint density at radius 1 is 0.889 bits per heavy atom. The summed E-state index contributed by atoms with van der Waals surface area (Å²) in [5.74, 6) is 1.18. The van der Waals surface area contributed by atoms with E-state index in [1.165, 1.54) is 22.3 Å². The van der Waals surface area contributed by atoms with E-state index in [0.29, 0.717) is 24.4 Å². The molecule has 2 aromatic rings. The van der Waals surface area contributed by atoms with Gasteiger partial charge in [-0.05, 0) is 58.6 Å². The van der Waals surface area contributed by atoms with Gasteiger partial charge in [-0.25, -0.2) is 4.89 Å². The largest absolute Gasteiger partial charge is 0.288 e. The maximum atomic E-state index is 12.8. The number of hydrogen-bond acceptors (Lipinski definition) is 3. The molecular weight excluding hydrogens is 355 g/mol. The Kier molecular flexibility index (Phi) is 7.85.